The highest BCUT2D eigenvalue weighted by Gasteiger charge is 2.18. The van der Waals surface area contributed by atoms with Crippen LogP contribution in [0.25, 0.3) is 16.4 Å². The van der Waals surface area contributed by atoms with Gasteiger partial charge in [-0.2, -0.15) is 0 Å². The van der Waals surface area contributed by atoms with Gasteiger partial charge in [0.2, 0.25) is 5.82 Å². The summed E-state index contributed by atoms with van der Waals surface area (Å²) in [4.78, 5) is 17.5. The van der Waals surface area contributed by atoms with Crippen LogP contribution in [-0.2, 0) is 0 Å². The van der Waals surface area contributed by atoms with Gasteiger partial charge in [0.05, 0.1) is 10.6 Å². The lowest BCUT2D eigenvalue weighted by molar-refractivity contribution is 0.0943. The first-order valence-electron chi connectivity index (χ1n) is 7.14. The minimum atomic E-state index is -0.241. The monoisotopic (exact) mass is 312 g/mol. The maximum atomic E-state index is 12.1. The molecule has 1 aromatic carbocycles. The molecule has 0 atom stereocenters. The molecule has 0 aliphatic rings. The van der Waals surface area contributed by atoms with E-state index >= 15 is 0 Å². The van der Waals surface area contributed by atoms with Crippen LogP contribution in [0.3, 0.4) is 0 Å². The summed E-state index contributed by atoms with van der Waals surface area (Å²) in [6.07, 6.45) is 0.878. The molecule has 2 heterocycles. The zero-order valence-corrected chi connectivity index (χ0v) is 13.0. The van der Waals surface area contributed by atoms with E-state index in [2.05, 4.69) is 15.4 Å². The maximum absolute atomic E-state index is 12.1. The first kappa shape index (κ1) is 14.5. The van der Waals surface area contributed by atoms with Gasteiger partial charge in [-0.1, -0.05) is 31.2 Å². The fraction of sp³-hybridized carbons (Fsp3) is 0.188. The molecule has 0 aliphatic heterocycles. The van der Waals surface area contributed by atoms with Crippen molar-refractivity contribution in [2.45, 2.75) is 13.3 Å². The third-order valence-corrected chi connectivity index (χ3v) is 3.95. The van der Waals surface area contributed by atoms with Crippen molar-refractivity contribution >= 4 is 17.2 Å². The predicted molar refractivity (Wildman–Crippen MR) is 87.3 cm³/mol. The lowest BCUT2D eigenvalue weighted by atomic mass is 10.3. The van der Waals surface area contributed by atoms with Crippen LogP contribution in [0, 0.1) is 0 Å². The fourth-order valence-corrected chi connectivity index (χ4v) is 2.74. The van der Waals surface area contributed by atoms with Crippen LogP contribution in [0.4, 0.5) is 0 Å². The van der Waals surface area contributed by atoms with Crippen LogP contribution in [-0.4, -0.2) is 27.2 Å². The van der Waals surface area contributed by atoms with Crippen LogP contribution in [0.2, 0.25) is 0 Å². The van der Waals surface area contributed by atoms with Gasteiger partial charge in [0.15, 0.2) is 5.82 Å². The Labute approximate surface area is 132 Å². The van der Waals surface area contributed by atoms with Crippen LogP contribution in [0.1, 0.15) is 24.0 Å². The van der Waals surface area contributed by atoms with Gasteiger partial charge in [0, 0.05) is 6.54 Å². The van der Waals surface area contributed by atoms with Crippen molar-refractivity contribution in [3.05, 3.63) is 53.7 Å². The van der Waals surface area contributed by atoms with E-state index in [1.54, 1.807) is 16.0 Å². The number of amides is 1. The maximum Gasteiger partial charge on any atom is 0.290 e. The van der Waals surface area contributed by atoms with E-state index in [1.807, 2.05) is 54.8 Å². The van der Waals surface area contributed by atoms with Gasteiger partial charge in [-0.05, 0) is 30.0 Å². The van der Waals surface area contributed by atoms with Crippen LogP contribution < -0.4 is 5.32 Å². The highest BCUT2D eigenvalue weighted by Crippen LogP contribution is 2.25. The minimum absolute atomic E-state index is 0.195. The number of carbonyl (C=O) groups is 1. The first-order chi connectivity index (χ1) is 10.8. The lowest BCUT2D eigenvalue weighted by Crippen LogP contribution is -2.25. The predicted octanol–water partition coefficient (Wildman–Crippen LogP) is 3.14. The third-order valence-electron chi connectivity index (χ3n) is 3.09. The Balaban J connectivity index is 2.04. The molecule has 3 rings (SSSR count). The second-order valence-corrected chi connectivity index (χ2v) is 5.69. The molecule has 3 aromatic rings. The first-order valence-corrected chi connectivity index (χ1v) is 8.02. The van der Waals surface area contributed by atoms with Crippen molar-refractivity contribution in [2.75, 3.05) is 6.54 Å². The SMILES string of the molecule is CCCNC(=O)c1nc(-c2cccs2)n(-c2ccccc2)n1. The largest absolute Gasteiger partial charge is 0.349 e. The van der Waals surface area contributed by atoms with Gasteiger partial charge in [-0.15, -0.1) is 16.4 Å². The fourth-order valence-electron chi connectivity index (χ4n) is 2.04. The number of hydrogen-bond acceptors (Lipinski definition) is 4. The molecule has 5 nitrogen and oxygen atoms in total. The second-order valence-electron chi connectivity index (χ2n) is 4.74. The molecule has 1 N–H and O–H groups in total. The Morgan fingerprint density at radius 1 is 1.23 bits per heavy atom. The lowest BCUT2D eigenvalue weighted by Gasteiger charge is -2.03. The molecule has 0 aliphatic carbocycles. The Kier molecular flexibility index (Phi) is 4.29. The van der Waals surface area contributed by atoms with E-state index in [4.69, 9.17) is 0 Å². The van der Waals surface area contributed by atoms with Crippen molar-refractivity contribution < 1.29 is 4.79 Å². The van der Waals surface area contributed by atoms with E-state index in [-0.39, 0.29) is 11.7 Å². The Hall–Kier alpha value is -2.47. The Morgan fingerprint density at radius 3 is 2.73 bits per heavy atom. The van der Waals surface area contributed by atoms with Crippen molar-refractivity contribution in [3.63, 3.8) is 0 Å². The van der Waals surface area contributed by atoms with Gasteiger partial charge in [0.25, 0.3) is 5.91 Å². The molecule has 0 saturated heterocycles. The van der Waals surface area contributed by atoms with Crippen molar-refractivity contribution in [1.82, 2.24) is 20.1 Å². The number of aromatic nitrogens is 3. The number of nitrogens with one attached hydrogen (secondary N) is 1. The summed E-state index contributed by atoms with van der Waals surface area (Å²) in [7, 11) is 0. The van der Waals surface area contributed by atoms with E-state index in [0.717, 1.165) is 17.0 Å². The second kappa shape index (κ2) is 6.53. The molecule has 0 radical (unpaired) electrons. The molecule has 0 spiro atoms. The zero-order valence-electron chi connectivity index (χ0n) is 12.2. The molecular formula is C16H16N4OS. The number of carbonyl (C=O) groups excluding carboxylic acids is 1. The van der Waals surface area contributed by atoms with E-state index in [0.29, 0.717) is 12.4 Å². The molecule has 0 bridgehead atoms. The Morgan fingerprint density at radius 2 is 2.05 bits per heavy atom. The number of para-hydroxylation sites is 1. The number of thiophene rings is 1. The highest BCUT2D eigenvalue weighted by atomic mass is 32.1. The average Bonchev–Trinajstić information content (AvgIpc) is 3.22. The van der Waals surface area contributed by atoms with Crippen molar-refractivity contribution in [3.8, 4) is 16.4 Å². The van der Waals surface area contributed by atoms with Crippen molar-refractivity contribution in [1.29, 1.82) is 0 Å². The van der Waals surface area contributed by atoms with E-state index in [1.165, 1.54) is 0 Å². The topological polar surface area (TPSA) is 59.8 Å². The summed E-state index contributed by atoms with van der Waals surface area (Å²) in [6, 6.07) is 13.6. The number of nitrogens with zero attached hydrogens (tertiary/aromatic N) is 3. The third kappa shape index (κ3) is 2.92. The summed E-state index contributed by atoms with van der Waals surface area (Å²) in [5.74, 6) is 0.637. The molecule has 22 heavy (non-hydrogen) atoms. The summed E-state index contributed by atoms with van der Waals surface area (Å²) < 4.78 is 1.71. The molecule has 0 saturated carbocycles. The van der Waals surface area contributed by atoms with Gasteiger partial charge in [-0.3, -0.25) is 4.79 Å². The number of benzene rings is 1. The van der Waals surface area contributed by atoms with Gasteiger partial charge >= 0.3 is 0 Å². The van der Waals surface area contributed by atoms with Gasteiger partial charge in [0.1, 0.15) is 0 Å². The molecule has 6 heteroatoms. The van der Waals surface area contributed by atoms with Crippen LogP contribution >= 0.6 is 11.3 Å². The molecule has 0 fully saturated rings. The minimum Gasteiger partial charge on any atom is -0.349 e. The van der Waals surface area contributed by atoms with Crippen LogP contribution in [0.5, 0.6) is 0 Å². The molecule has 0 unspecified atom stereocenters. The zero-order chi connectivity index (χ0) is 15.4. The summed E-state index contributed by atoms with van der Waals surface area (Å²) in [6.45, 7) is 2.63. The molecule has 112 valence electrons. The summed E-state index contributed by atoms with van der Waals surface area (Å²) >= 11 is 1.57. The normalized spacial score (nSPS) is 10.6. The smallest absolute Gasteiger partial charge is 0.290 e. The van der Waals surface area contributed by atoms with Crippen molar-refractivity contribution in [2.24, 2.45) is 0 Å². The van der Waals surface area contributed by atoms with Gasteiger partial charge in [-0.25, -0.2) is 9.67 Å². The molecule has 2 aromatic heterocycles. The quantitative estimate of drug-likeness (QED) is 0.787. The van der Waals surface area contributed by atoms with Gasteiger partial charge < -0.3 is 5.32 Å². The summed E-state index contributed by atoms with van der Waals surface area (Å²) in [5, 5.41) is 9.18. The molecular weight excluding hydrogens is 296 g/mol. The van der Waals surface area contributed by atoms with Crippen LogP contribution in [0.15, 0.2) is 47.8 Å². The number of hydrogen-bond donors (Lipinski definition) is 1. The van der Waals surface area contributed by atoms with E-state index < -0.39 is 0 Å². The number of rotatable bonds is 5. The summed E-state index contributed by atoms with van der Waals surface area (Å²) in [5.41, 5.74) is 0.882. The Bertz CT molecular complexity index is 750. The van der Waals surface area contributed by atoms with E-state index in [9.17, 15) is 4.79 Å². The average molecular weight is 312 g/mol. The highest BCUT2D eigenvalue weighted by molar-refractivity contribution is 7.13. The standard InChI is InChI=1S/C16H16N4OS/c1-2-10-17-16(21)14-18-15(13-9-6-11-22-13)20(19-14)12-7-4-3-5-8-12/h3-9,11H,2,10H2,1H3,(H,17,21). The molecule has 1 amide bonds.